The lowest BCUT2D eigenvalue weighted by Crippen LogP contribution is -2.38. The van der Waals surface area contributed by atoms with Crippen LogP contribution in [0.15, 0.2) is 48.5 Å². The average molecular weight is 302 g/mol. The Morgan fingerprint density at radius 3 is 2.86 bits per heavy atom. The number of carbonyl (C=O) groups excluding carboxylic acids is 1. The maximum Gasteiger partial charge on any atom is 0.261 e. The van der Waals surface area contributed by atoms with Gasteiger partial charge in [0, 0.05) is 11.4 Å². The van der Waals surface area contributed by atoms with Crippen LogP contribution in [0.3, 0.4) is 0 Å². The lowest BCUT2D eigenvalue weighted by molar-refractivity contribution is -0.127. The summed E-state index contributed by atoms with van der Waals surface area (Å²) in [5.74, 6) is 0.701. The van der Waals surface area contributed by atoms with Crippen LogP contribution in [0.25, 0.3) is 0 Å². The molecule has 1 N–H and O–H groups in total. The van der Waals surface area contributed by atoms with E-state index in [0.29, 0.717) is 11.4 Å². The van der Waals surface area contributed by atoms with Crippen molar-refractivity contribution in [1.82, 2.24) is 5.32 Å². The van der Waals surface area contributed by atoms with Gasteiger partial charge in [0.15, 0.2) is 6.10 Å². The Labute approximate surface area is 128 Å². The van der Waals surface area contributed by atoms with Crippen LogP contribution in [0.1, 0.15) is 24.1 Å². The second-order valence-corrected chi connectivity index (χ2v) is 5.64. The molecule has 1 aliphatic heterocycles. The molecule has 1 aliphatic rings. The molecule has 0 aromatic heterocycles. The van der Waals surface area contributed by atoms with E-state index in [4.69, 9.17) is 16.3 Å². The normalized spacial score (nSPS) is 17.7. The maximum atomic E-state index is 12.3. The van der Waals surface area contributed by atoms with Crippen LogP contribution in [0.5, 0.6) is 5.75 Å². The van der Waals surface area contributed by atoms with Gasteiger partial charge in [0.1, 0.15) is 5.75 Å². The van der Waals surface area contributed by atoms with Crippen LogP contribution in [0.4, 0.5) is 0 Å². The number of halogens is 1. The minimum absolute atomic E-state index is 0.0984. The van der Waals surface area contributed by atoms with Crippen molar-refractivity contribution >= 4 is 17.5 Å². The van der Waals surface area contributed by atoms with Crippen LogP contribution in [0, 0.1) is 0 Å². The summed E-state index contributed by atoms with van der Waals surface area (Å²) in [5.41, 5.74) is 2.06. The molecule has 0 bridgehead atoms. The summed E-state index contributed by atoms with van der Waals surface area (Å²) in [6, 6.07) is 15.1. The Balaban J connectivity index is 1.65. The van der Waals surface area contributed by atoms with Crippen LogP contribution >= 0.6 is 11.6 Å². The van der Waals surface area contributed by atoms with Gasteiger partial charge in [-0.1, -0.05) is 41.9 Å². The number of nitrogens with one attached hydrogen (secondary N) is 1. The van der Waals surface area contributed by atoms with Crippen molar-refractivity contribution in [2.45, 2.75) is 25.5 Å². The zero-order chi connectivity index (χ0) is 14.8. The molecule has 0 spiro atoms. The molecule has 21 heavy (non-hydrogen) atoms. The van der Waals surface area contributed by atoms with Gasteiger partial charge in [-0.25, -0.2) is 0 Å². The summed E-state index contributed by atoms with van der Waals surface area (Å²) in [6.07, 6.45) is 0.161. The molecule has 2 unspecified atom stereocenters. The van der Waals surface area contributed by atoms with Crippen molar-refractivity contribution in [3.63, 3.8) is 0 Å². The topological polar surface area (TPSA) is 38.3 Å². The number of para-hydroxylation sites is 1. The van der Waals surface area contributed by atoms with E-state index in [-0.39, 0.29) is 11.9 Å². The first-order valence-electron chi connectivity index (χ1n) is 6.94. The Kier molecular flexibility index (Phi) is 3.84. The highest BCUT2D eigenvalue weighted by atomic mass is 35.5. The number of fused-ring (bicyclic) bond motifs is 1. The number of hydrogen-bond donors (Lipinski definition) is 1. The molecule has 1 heterocycles. The molecule has 2 aromatic rings. The van der Waals surface area contributed by atoms with Gasteiger partial charge in [-0.3, -0.25) is 4.79 Å². The third-order valence-corrected chi connectivity index (χ3v) is 3.88. The highest BCUT2D eigenvalue weighted by Gasteiger charge is 2.29. The lowest BCUT2D eigenvalue weighted by Gasteiger charge is -2.17. The van der Waals surface area contributed by atoms with Crippen molar-refractivity contribution < 1.29 is 9.53 Å². The Morgan fingerprint density at radius 1 is 1.29 bits per heavy atom. The van der Waals surface area contributed by atoms with Gasteiger partial charge in [-0.05, 0) is 36.2 Å². The van der Waals surface area contributed by atoms with Crippen molar-refractivity contribution in [3.05, 3.63) is 64.7 Å². The lowest BCUT2D eigenvalue weighted by atomic mass is 10.1. The minimum Gasteiger partial charge on any atom is -0.480 e. The van der Waals surface area contributed by atoms with Gasteiger partial charge < -0.3 is 10.1 Å². The summed E-state index contributed by atoms with van der Waals surface area (Å²) in [7, 11) is 0. The third-order valence-electron chi connectivity index (χ3n) is 3.65. The fraction of sp³-hybridized carbons (Fsp3) is 0.235. The molecule has 3 nitrogen and oxygen atoms in total. The van der Waals surface area contributed by atoms with E-state index in [2.05, 4.69) is 5.32 Å². The van der Waals surface area contributed by atoms with E-state index in [9.17, 15) is 4.79 Å². The first kappa shape index (κ1) is 14.0. The Hall–Kier alpha value is -2.00. The SMILES string of the molecule is CC(NC(=O)C1Cc2ccccc2O1)c1cccc(Cl)c1. The molecule has 0 saturated heterocycles. The molecule has 0 aliphatic carbocycles. The van der Waals surface area contributed by atoms with Crippen LogP contribution in [-0.2, 0) is 11.2 Å². The predicted octanol–water partition coefficient (Wildman–Crippen LogP) is 3.52. The number of rotatable bonds is 3. The fourth-order valence-corrected chi connectivity index (χ4v) is 2.69. The number of ether oxygens (including phenoxy) is 1. The zero-order valence-corrected chi connectivity index (χ0v) is 12.4. The monoisotopic (exact) mass is 301 g/mol. The molecule has 1 amide bonds. The fourth-order valence-electron chi connectivity index (χ4n) is 2.49. The molecule has 4 heteroatoms. The van der Waals surface area contributed by atoms with Crippen LogP contribution < -0.4 is 10.1 Å². The quantitative estimate of drug-likeness (QED) is 0.942. The van der Waals surface area contributed by atoms with Gasteiger partial charge in [-0.2, -0.15) is 0 Å². The van der Waals surface area contributed by atoms with E-state index in [1.807, 2.05) is 55.5 Å². The first-order chi connectivity index (χ1) is 10.1. The highest BCUT2D eigenvalue weighted by molar-refractivity contribution is 6.30. The number of amides is 1. The molecular weight excluding hydrogens is 286 g/mol. The highest BCUT2D eigenvalue weighted by Crippen LogP contribution is 2.28. The summed E-state index contributed by atoms with van der Waals surface area (Å²) < 4.78 is 5.69. The summed E-state index contributed by atoms with van der Waals surface area (Å²) in [4.78, 5) is 12.3. The second-order valence-electron chi connectivity index (χ2n) is 5.20. The average Bonchev–Trinajstić information content (AvgIpc) is 2.91. The van der Waals surface area contributed by atoms with E-state index in [0.717, 1.165) is 16.9 Å². The molecular formula is C17H16ClNO2. The smallest absolute Gasteiger partial charge is 0.261 e. The van der Waals surface area contributed by atoms with E-state index in [1.54, 1.807) is 0 Å². The molecule has 0 saturated carbocycles. The van der Waals surface area contributed by atoms with Gasteiger partial charge in [0.2, 0.25) is 0 Å². The second kappa shape index (κ2) is 5.78. The summed E-state index contributed by atoms with van der Waals surface area (Å²) in [5, 5.41) is 3.64. The van der Waals surface area contributed by atoms with Gasteiger partial charge in [0.05, 0.1) is 6.04 Å². The molecule has 108 valence electrons. The first-order valence-corrected chi connectivity index (χ1v) is 7.31. The largest absolute Gasteiger partial charge is 0.480 e. The summed E-state index contributed by atoms with van der Waals surface area (Å²) >= 11 is 5.98. The van der Waals surface area contributed by atoms with E-state index >= 15 is 0 Å². The van der Waals surface area contributed by atoms with Gasteiger partial charge in [0.25, 0.3) is 5.91 Å². The third kappa shape index (κ3) is 3.03. The summed E-state index contributed by atoms with van der Waals surface area (Å²) in [6.45, 7) is 1.94. The minimum atomic E-state index is -0.455. The van der Waals surface area contributed by atoms with Gasteiger partial charge >= 0.3 is 0 Å². The number of carbonyl (C=O) groups is 1. The Bertz CT molecular complexity index is 646. The standard InChI is InChI=1S/C17H16ClNO2/c1-11(12-6-4-7-14(18)9-12)19-17(20)16-10-13-5-2-3-8-15(13)21-16/h2-9,11,16H,10H2,1H3,(H,19,20). The predicted molar refractivity (Wildman–Crippen MR) is 82.6 cm³/mol. The van der Waals surface area contributed by atoms with Crippen LogP contribution in [0.2, 0.25) is 5.02 Å². The number of hydrogen-bond acceptors (Lipinski definition) is 2. The number of benzene rings is 2. The molecule has 0 fully saturated rings. The molecule has 0 radical (unpaired) electrons. The van der Waals surface area contributed by atoms with Crippen molar-refractivity contribution in [3.8, 4) is 5.75 Å². The molecule has 3 rings (SSSR count). The van der Waals surface area contributed by atoms with E-state index in [1.165, 1.54) is 0 Å². The van der Waals surface area contributed by atoms with Crippen molar-refractivity contribution in [1.29, 1.82) is 0 Å². The van der Waals surface area contributed by atoms with Crippen LogP contribution in [-0.4, -0.2) is 12.0 Å². The maximum absolute atomic E-state index is 12.3. The zero-order valence-electron chi connectivity index (χ0n) is 11.7. The van der Waals surface area contributed by atoms with Crippen molar-refractivity contribution in [2.24, 2.45) is 0 Å². The van der Waals surface area contributed by atoms with E-state index < -0.39 is 6.10 Å². The van der Waals surface area contributed by atoms with Gasteiger partial charge in [-0.15, -0.1) is 0 Å². The molecule has 2 aromatic carbocycles. The molecule has 2 atom stereocenters. The van der Waals surface area contributed by atoms with Crippen molar-refractivity contribution in [2.75, 3.05) is 0 Å². The Morgan fingerprint density at radius 2 is 2.10 bits per heavy atom.